The number of hydrogen-bond donors (Lipinski definition) is 3. The largest absolute Gasteiger partial charge is 0.482 e. The number of benzene rings is 1. The summed E-state index contributed by atoms with van der Waals surface area (Å²) in [7, 11) is 0. The van der Waals surface area contributed by atoms with Crippen molar-refractivity contribution in [3.63, 3.8) is 0 Å². The molecule has 0 saturated heterocycles. The Morgan fingerprint density at radius 3 is 2.10 bits per heavy atom. The van der Waals surface area contributed by atoms with Gasteiger partial charge in [0.2, 0.25) is 11.8 Å². The van der Waals surface area contributed by atoms with E-state index in [9.17, 15) is 14.4 Å². The minimum Gasteiger partial charge on any atom is -0.482 e. The fourth-order valence-electron chi connectivity index (χ4n) is 1.45. The van der Waals surface area contributed by atoms with E-state index in [4.69, 9.17) is 21.9 Å². The van der Waals surface area contributed by atoms with E-state index in [1.54, 1.807) is 24.3 Å². The Labute approximate surface area is 115 Å². The zero-order valence-corrected chi connectivity index (χ0v) is 10.7. The molecule has 0 aromatic heterocycles. The molecular weight excluding hydrogens is 264 g/mol. The first-order chi connectivity index (χ1) is 9.40. The highest BCUT2D eigenvalue weighted by atomic mass is 16.5. The number of amides is 3. The highest BCUT2D eigenvalue weighted by molar-refractivity contribution is 5.88. The van der Waals surface area contributed by atoms with Gasteiger partial charge in [-0.05, 0) is 12.1 Å². The molecule has 0 atom stereocenters. The van der Waals surface area contributed by atoms with Gasteiger partial charge in [-0.15, -0.1) is 0 Å². The topological polar surface area (TPSA) is 142 Å². The third kappa shape index (κ3) is 4.84. The second-order valence-corrected chi connectivity index (χ2v) is 4.01. The molecule has 1 rings (SSSR count). The fourth-order valence-corrected chi connectivity index (χ4v) is 1.45. The molecule has 1 aromatic rings. The summed E-state index contributed by atoms with van der Waals surface area (Å²) in [6, 6.07) is 6.62. The number of carbonyl (C=O) groups excluding carboxylic acids is 3. The maximum Gasteiger partial charge on any atom is 0.261 e. The van der Waals surface area contributed by atoms with Crippen LogP contribution in [0.2, 0.25) is 0 Å². The molecule has 0 aliphatic heterocycles. The summed E-state index contributed by atoms with van der Waals surface area (Å²) in [6.45, 7) is -1.19. The number of nitrogens with two attached hydrogens (primary N) is 3. The average Bonchev–Trinajstić information content (AvgIpc) is 2.35. The zero-order valence-electron chi connectivity index (χ0n) is 10.7. The molecule has 8 heteroatoms. The Kier molecular flexibility index (Phi) is 5.33. The summed E-state index contributed by atoms with van der Waals surface area (Å²) in [6.07, 6.45) is 0. The monoisotopic (exact) mass is 280 g/mol. The lowest BCUT2D eigenvalue weighted by atomic mass is 10.3. The smallest absolute Gasteiger partial charge is 0.261 e. The zero-order chi connectivity index (χ0) is 15.1. The summed E-state index contributed by atoms with van der Waals surface area (Å²) in [5.74, 6) is -1.76. The molecular formula is C12H16N4O4. The van der Waals surface area contributed by atoms with Gasteiger partial charge in [0.25, 0.3) is 5.91 Å². The van der Waals surface area contributed by atoms with Crippen molar-refractivity contribution in [1.82, 2.24) is 4.90 Å². The number of primary amides is 2. The van der Waals surface area contributed by atoms with Crippen LogP contribution in [0.25, 0.3) is 0 Å². The first kappa shape index (κ1) is 15.3. The molecule has 8 nitrogen and oxygen atoms in total. The maximum absolute atomic E-state index is 11.8. The predicted molar refractivity (Wildman–Crippen MR) is 71.3 cm³/mol. The van der Waals surface area contributed by atoms with Crippen molar-refractivity contribution in [3.05, 3.63) is 24.3 Å². The first-order valence-corrected chi connectivity index (χ1v) is 5.72. The van der Waals surface area contributed by atoms with E-state index in [1.807, 2.05) is 0 Å². The van der Waals surface area contributed by atoms with Gasteiger partial charge in [-0.25, -0.2) is 0 Å². The van der Waals surface area contributed by atoms with Crippen LogP contribution in [0.3, 0.4) is 0 Å². The molecule has 0 fully saturated rings. The van der Waals surface area contributed by atoms with E-state index in [-0.39, 0.29) is 6.61 Å². The molecule has 0 heterocycles. The van der Waals surface area contributed by atoms with Crippen molar-refractivity contribution < 1.29 is 19.1 Å². The SMILES string of the molecule is NC(=O)CN(CC(N)=O)C(=O)COc1ccccc1N. The molecule has 20 heavy (non-hydrogen) atoms. The van der Waals surface area contributed by atoms with Crippen LogP contribution in [0.5, 0.6) is 5.75 Å². The lowest BCUT2D eigenvalue weighted by Crippen LogP contribution is -2.45. The van der Waals surface area contributed by atoms with Crippen LogP contribution in [-0.4, -0.2) is 42.3 Å². The van der Waals surface area contributed by atoms with Crippen LogP contribution < -0.4 is 21.9 Å². The lowest BCUT2D eigenvalue weighted by molar-refractivity contribution is -0.139. The van der Waals surface area contributed by atoms with Crippen molar-refractivity contribution >= 4 is 23.4 Å². The lowest BCUT2D eigenvalue weighted by Gasteiger charge is -2.19. The fraction of sp³-hybridized carbons (Fsp3) is 0.250. The van der Waals surface area contributed by atoms with E-state index in [2.05, 4.69) is 0 Å². The molecule has 1 aromatic carbocycles. The average molecular weight is 280 g/mol. The van der Waals surface area contributed by atoms with E-state index in [1.165, 1.54) is 0 Å². The summed E-state index contributed by atoms with van der Waals surface area (Å²) < 4.78 is 5.22. The third-order valence-electron chi connectivity index (χ3n) is 2.32. The number of carbonyl (C=O) groups is 3. The molecule has 0 aliphatic rings. The summed E-state index contributed by atoms with van der Waals surface area (Å²) in [4.78, 5) is 34.4. The molecule has 3 amide bonds. The number of hydrogen-bond acceptors (Lipinski definition) is 5. The van der Waals surface area contributed by atoms with Crippen molar-refractivity contribution in [2.24, 2.45) is 11.5 Å². The normalized spacial score (nSPS) is 9.80. The highest BCUT2D eigenvalue weighted by Crippen LogP contribution is 2.19. The molecule has 0 bridgehead atoms. The predicted octanol–water partition coefficient (Wildman–Crippen LogP) is -1.55. The molecule has 0 spiro atoms. The quantitative estimate of drug-likeness (QED) is 0.518. The molecule has 0 unspecified atom stereocenters. The Morgan fingerprint density at radius 1 is 1.05 bits per heavy atom. The first-order valence-electron chi connectivity index (χ1n) is 5.72. The van der Waals surface area contributed by atoms with Gasteiger partial charge in [-0.1, -0.05) is 12.1 Å². The van der Waals surface area contributed by atoms with Gasteiger partial charge in [-0.2, -0.15) is 0 Å². The van der Waals surface area contributed by atoms with Crippen molar-refractivity contribution in [3.8, 4) is 5.75 Å². The van der Waals surface area contributed by atoms with Gasteiger partial charge in [0.05, 0.1) is 18.8 Å². The number of rotatable bonds is 7. The summed E-state index contributed by atoms with van der Waals surface area (Å²) in [5, 5.41) is 0. The maximum atomic E-state index is 11.8. The van der Waals surface area contributed by atoms with Gasteiger partial charge >= 0.3 is 0 Å². The number of ether oxygens (including phenoxy) is 1. The number of nitrogen functional groups attached to an aromatic ring is 1. The van der Waals surface area contributed by atoms with Crippen LogP contribution in [0.4, 0.5) is 5.69 Å². The standard InChI is InChI=1S/C12H16N4O4/c13-8-3-1-2-4-9(8)20-7-12(19)16(5-10(14)17)6-11(15)18/h1-4H,5-7,13H2,(H2,14,17)(H2,15,18). The minimum atomic E-state index is -0.751. The molecule has 0 saturated carbocycles. The van der Waals surface area contributed by atoms with Gasteiger partial charge < -0.3 is 26.8 Å². The molecule has 6 N–H and O–H groups in total. The highest BCUT2D eigenvalue weighted by Gasteiger charge is 2.18. The van der Waals surface area contributed by atoms with Gasteiger partial charge in [0.15, 0.2) is 6.61 Å². The van der Waals surface area contributed by atoms with Crippen LogP contribution in [-0.2, 0) is 14.4 Å². The Morgan fingerprint density at radius 2 is 1.60 bits per heavy atom. The van der Waals surface area contributed by atoms with Gasteiger partial charge in [-0.3, -0.25) is 14.4 Å². The number of nitrogens with zero attached hydrogens (tertiary/aromatic N) is 1. The van der Waals surface area contributed by atoms with E-state index in [0.717, 1.165) is 4.90 Å². The Bertz CT molecular complexity index is 502. The second kappa shape index (κ2) is 6.98. The van der Waals surface area contributed by atoms with Crippen LogP contribution in [0.1, 0.15) is 0 Å². The third-order valence-corrected chi connectivity index (χ3v) is 2.32. The van der Waals surface area contributed by atoms with Crippen molar-refractivity contribution in [1.29, 1.82) is 0 Å². The minimum absolute atomic E-state index is 0.332. The Balaban J connectivity index is 2.64. The van der Waals surface area contributed by atoms with Crippen LogP contribution >= 0.6 is 0 Å². The van der Waals surface area contributed by atoms with Crippen LogP contribution in [0.15, 0.2) is 24.3 Å². The Hall–Kier alpha value is -2.77. The number of anilines is 1. The molecule has 0 radical (unpaired) electrons. The van der Waals surface area contributed by atoms with Crippen molar-refractivity contribution in [2.45, 2.75) is 0 Å². The van der Waals surface area contributed by atoms with Gasteiger partial charge in [0.1, 0.15) is 5.75 Å². The molecule has 108 valence electrons. The molecule has 0 aliphatic carbocycles. The second-order valence-electron chi connectivity index (χ2n) is 4.01. The van der Waals surface area contributed by atoms with E-state index < -0.39 is 30.8 Å². The summed E-state index contributed by atoms with van der Waals surface area (Å²) >= 11 is 0. The van der Waals surface area contributed by atoms with E-state index in [0.29, 0.717) is 11.4 Å². The number of para-hydroxylation sites is 2. The summed E-state index contributed by atoms with van der Waals surface area (Å²) in [5.41, 5.74) is 16.0. The van der Waals surface area contributed by atoms with Crippen molar-refractivity contribution in [2.75, 3.05) is 25.4 Å². The van der Waals surface area contributed by atoms with Crippen LogP contribution in [0, 0.1) is 0 Å². The van der Waals surface area contributed by atoms with E-state index >= 15 is 0 Å². The van der Waals surface area contributed by atoms with Gasteiger partial charge in [0, 0.05) is 0 Å².